The molecule has 0 bridgehead atoms. The van der Waals surface area contributed by atoms with E-state index in [1.165, 1.54) is 47.4 Å². The van der Waals surface area contributed by atoms with Crippen LogP contribution in [0.25, 0.3) is 0 Å². The molecule has 2 heterocycles. The molecular weight excluding hydrogens is 444 g/mol. The third-order valence-electron chi connectivity index (χ3n) is 6.70. The zero-order valence-electron chi connectivity index (χ0n) is 18.5. The summed E-state index contributed by atoms with van der Waals surface area (Å²) in [6.45, 7) is 0.617. The van der Waals surface area contributed by atoms with Crippen molar-refractivity contribution in [3.05, 3.63) is 71.3 Å². The third-order valence-corrected chi connectivity index (χ3v) is 6.70. The fourth-order valence-electron chi connectivity index (χ4n) is 4.69. The van der Waals surface area contributed by atoms with Gasteiger partial charge in [0.15, 0.2) is 0 Å². The summed E-state index contributed by atoms with van der Waals surface area (Å²) in [5, 5.41) is 2.94. The smallest absolute Gasteiger partial charge is 0.256 e. The molecule has 5 rings (SSSR count). The molecular formula is C25H25F2N3O4. The van der Waals surface area contributed by atoms with Crippen molar-refractivity contribution in [3.8, 4) is 0 Å². The average Bonchev–Trinajstić information content (AvgIpc) is 3.58. The van der Waals surface area contributed by atoms with Crippen LogP contribution in [0, 0.1) is 11.6 Å². The summed E-state index contributed by atoms with van der Waals surface area (Å²) in [5.41, 5.74) is -0.563. The molecule has 2 saturated heterocycles. The monoisotopic (exact) mass is 469 g/mol. The fraction of sp³-hybridized carbons (Fsp3) is 0.400. The normalized spacial score (nSPS) is 21.5. The van der Waals surface area contributed by atoms with Gasteiger partial charge in [-0.1, -0.05) is 6.07 Å². The van der Waals surface area contributed by atoms with Crippen LogP contribution in [0.4, 0.5) is 8.78 Å². The lowest BCUT2D eigenvalue weighted by molar-refractivity contribution is -0.128. The number of nitrogens with one attached hydrogen (secondary N) is 1. The lowest BCUT2D eigenvalue weighted by Crippen LogP contribution is -2.60. The second-order valence-corrected chi connectivity index (χ2v) is 9.04. The lowest BCUT2D eigenvalue weighted by atomic mass is 9.96. The molecule has 2 aromatic rings. The van der Waals surface area contributed by atoms with Gasteiger partial charge in [-0.2, -0.15) is 0 Å². The van der Waals surface area contributed by atoms with Gasteiger partial charge in [0.2, 0.25) is 5.91 Å². The van der Waals surface area contributed by atoms with Gasteiger partial charge in [-0.25, -0.2) is 8.78 Å². The van der Waals surface area contributed by atoms with E-state index in [1.807, 2.05) is 0 Å². The maximum Gasteiger partial charge on any atom is 0.256 e. The van der Waals surface area contributed by atoms with E-state index in [-0.39, 0.29) is 30.0 Å². The molecule has 0 aromatic heterocycles. The second-order valence-electron chi connectivity index (χ2n) is 9.04. The van der Waals surface area contributed by atoms with Gasteiger partial charge in [0.25, 0.3) is 11.8 Å². The summed E-state index contributed by atoms with van der Waals surface area (Å²) in [7, 11) is 0. The molecule has 1 atom stereocenters. The number of piperidine rings is 1. The highest BCUT2D eigenvalue weighted by Crippen LogP contribution is 2.39. The van der Waals surface area contributed by atoms with Crippen LogP contribution >= 0.6 is 0 Å². The zero-order valence-corrected chi connectivity index (χ0v) is 18.5. The van der Waals surface area contributed by atoms with Crippen molar-refractivity contribution in [2.45, 2.75) is 43.5 Å². The van der Waals surface area contributed by atoms with E-state index < -0.39 is 29.3 Å². The molecule has 1 saturated carbocycles. The predicted molar refractivity (Wildman–Crippen MR) is 118 cm³/mol. The SMILES string of the molecule is O=C(NC1CC1)C1COC2(CCN(C(=O)c3ccc(F)cc3)CC2)N1C(=O)c1cccc(F)c1. The van der Waals surface area contributed by atoms with E-state index >= 15 is 0 Å². The summed E-state index contributed by atoms with van der Waals surface area (Å²) in [6.07, 6.45) is 2.41. The molecule has 7 nitrogen and oxygen atoms in total. The van der Waals surface area contributed by atoms with E-state index in [2.05, 4.69) is 5.32 Å². The topological polar surface area (TPSA) is 79.0 Å². The lowest BCUT2D eigenvalue weighted by Gasteiger charge is -2.44. The maximum absolute atomic E-state index is 13.9. The first kappa shape index (κ1) is 22.5. The van der Waals surface area contributed by atoms with Gasteiger partial charge in [0.1, 0.15) is 23.4 Å². The summed E-state index contributed by atoms with van der Waals surface area (Å²) < 4.78 is 33.2. The number of amides is 3. The highest BCUT2D eigenvalue weighted by Gasteiger charge is 2.54. The molecule has 3 aliphatic rings. The summed E-state index contributed by atoms with van der Waals surface area (Å²) in [5.74, 6) is -1.96. The molecule has 1 spiro atoms. The Morgan fingerprint density at radius 1 is 0.912 bits per heavy atom. The molecule has 34 heavy (non-hydrogen) atoms. The molecule has 1 N–H and O–H groups in total. The van der Waals surface area contributed by atoms with Crippen LogP contribution in [-0.4, -0.2) is 65.0 Å². The standard InChI is InChI=1S/C25H25F2N3O4/c26-18-6-4-16(5-7-18)23(32)29-12-10-25(11-13-29)30(24(33)17-2-1-3-19(27)14-17)21(15-34-25)22(31)28-20-8-9-20/h1-7,14,20-21H,8-13,15H2,(H,28,31). The van der Waals surface area contributed by atoms with Crippen LogP contribution in [0.2, 0.25) is 0 Å². The van der Waals surface area contributed by atoms with Gasteiger partial charge in [0, 0.05) is 43.1 Å². The number of ether oxygens (including phenoxy) is 1. The molecule has 1 aliphatic carbocycles. The molecule has 2 aliphatic heterocycles. The summed E-state index contributed by atoms with van der Waals surface area (Å²) in [6, 6.07) is 10.00. The highest BCUT2D eigenvalue weighted by atomic mass is 19.1. The van der Waals surface area contributed by atoms with Crippen molar-refractivity contribution in [2.75, 3.05) is 19.7 Å². The van der Waals surface area contributed by atoms with E-state index in [0.717, 1.165) is 18.9 Å². The van der Waals surface area contributed by atoms with Gasteiger partial charge >= 0.3 is 0 Å². The number of hydrogen-bond acceptors (Lipinski definition) is 4. The van der Waals surface area contributed by atoms with Crippen molar-refractivity contribution in [3.63, 3.8) is 0 Å². The Bertz CT molecular complexity index is 1110. The number of halogens is 2. The van der Waals surface area contributed by atoms with Gasteiger partial charge in [0.05, 0.1) is 6.61 Å². The van der Waals surface area contributed by atoms with Crippen LogP contribution < -0.4 is 5.32 Å². The molecule has 9 heteroatoms. The van der Waals surface area contributed by atoms with E-state index in [1.54, 1.807) is 4.90 Å². The largest absolute Gasteiger partial charge is 0.353 e. The molecule has 178 valence electrons. The number of rotatable bonds is 4. The Labute approximate surface area is 195 Å². The first-order valence-corrected chi connectivity index (χ1v) is 11.4. The van der Waals surface area contributed by atoms with Gasteiger partial charge in [-0.15, -0.1) is 0 Å². The van der Waals surface area contributed by atoms with E-state index in [4.69, 9.17) is 4.74 Å². The average molecular weight is 469 g/mol. The molecule has 1 unspecified atom stereocenters. The van der Waals surface area contributed by atoms with Crippen LogP contribution in [0.3, 0.4) is 0 Å². The van der Waals surface area contributed by atoms with Gasteiger partial charge < -0.3 is 15.0 Å². The first-order chi connectivity index (χ1) is 16.4. The molecule has 3 fully saturated rings. The fourth-order valence-corrected chi connectivity index (χ4v) is 4.69. The quantitative estimate of drug-likeness (QED) is 0.747. The first-order valence-electron chi connectivity index (χ1n) is 11.4. The van der Waals surface area contributed by atoms with Crippen molar-refractivity contribution in [1.29, 1.82) is 0 Å². The van der Waals surface area contributed by atoms with Crippen molar-refractivity contribution in [2.24, 2.45) is 0 Å². The van der Waals surface area contributed by atoms with Crippen molar-refractivity contribution < 1.29 is 27.9 Å². The molecule has 2 aromatic carbocycles. The van der Waals surface area contributed by atoms with Crippen LogP contribution in [0.1, 0.15) is 46.4 Å². The number of hydrogen-bond donors (Lipinski definition) is 1. The Morgan fingerprint density at radius 2 is 1.62 bits per heavy atom. The number of benzene rings is 2. The minimum absolute atomic E-state index is 0.0333. The van der Waals surface area contributed by atoms with Gasteiger partial charge in [-0.3, -0.25) is 19.3 Å². The predicted octanol–water partition coefficient (Wildman–Crippen LogP) is 2.72. The number of nitrogens with zero attached hydrogens (tertiary/aromatic N) is 2. The molecule has 0 radical (unpaired) electrons. The number of carbonyl (C=O) groups excluding carboxylic acids is 3. The van der Waals surface area contributed by atoms with Crippen LogP contribution in [0.15, 0.2) is 48.5 Å². The Morgan fingerprint density at radius 3 is 2.26 bits per heavy atom. The number of likely N-dealkylation sites (tertiary alicyclic amines) is 1. The maximum atomic E-state index is 13.9. The highest BCUT2D eigenvalue weighted by molar-refractivity contribution is 5.98. The minimum atomic E-state index is -1.07. The zero-order chi connectivity index (χ0) is 23.9. The summed E-state index contributed by atoms with van der Waals surface area (Å²) >= 11 is 0. The van der Waals surface area contributed by atoms with E-state index in [0.29, 0.717) is 31.5 Å². The Hall–Kier alpha value is -3.33. The molecule has 3 amide bonds. The summed E-state index contributed by atoms with van der Waals surface area (Å²) in [4.78, 5) is 42.4. The van der Waals surface area contributed by atoms with Crippen molar-refractivity contribution >= 4 is 17.7 Å². The number of carbonyl (C=O) groups is 3. The Kier molecular flexibility index (Phi) is 5.81. The Balaban J connectivity index is 1.37. The third kappa shape index (κ3) is 4.27. The van der Waals surface area contributed by atoms with Crippen molar-refractivity contribution in [1.82, 2.24) is 15.1 Å². The second kappa shape index (κ2) is 8.79. The van der Waals surface area contributed by atoms with Crippen LogP contribution in [0.5, 0.6) is 0 Å². The van der Waals surface area contributed by atoms with E-state index in [9.17, 15) is 23.2 Å². The van der Waals surface area contributed by atoms with Crippen LogP contribution in [-0.2, 0) is 9.53 Å². The van der Waals surface area contributed by atoms with Gasteiger partial charge in [-0.05, 0) is 55.3 Å². The minimum Gasteiger partial charge on any atom is -0.353 e.